The molecule has 2 heteroatoms. The first-order valence-electron chi connectivity index (χ1n) is 5.49. The maximum Gasteiger partial charge on any atom is 0.0388 e. The van der Waals surface area contributed by atoms with E-state index in [-0.39, 0.29) is 0 Å². The lowest BCUT2D eigenvalue weighted by molar-refractivity contribution is 0.445. The van der Waals surface area contributed by atoms with E-state index in [1.165, 1.54) is 22.6 Å². The predicted octanol–water partition coefficient (Wildman–Crippen LogP) is 3.51. The zero-order valence-electron chi connectivity index (χ0n) is 9.21. The second-order valence-electron chi connectivity index (χ2n) is 4.46. The highest BCUT2D eigenvalue weighted by Crippen LogP contribution is 2.34. The summed E-state index contributed by atoms with van der Waals surface area (Å²) in [5.41, 5.74) is 0. The van der Waals surface area contributed by atoms with E-state index >= 15 is 0 Å². The van der Waals surface area contributed by atoms with Crippen LogP contribution in [0.1, 0.15) is 42.5 Å². The van der Waals surface area contributed by atoms with Gasteiger partial charge in [-0.2, -0.15) is 0 Å². The van der Waals surface area contributed by atoms with E-state index in [1.807, 2.05) is 11.3 Å². The Bertz CT molecular complexity index is 301. The summed E-state index contributed by atoms with van der Waals surface area (Å²) in [7, 11) is 0. The Kier molecular flexibility index (Phi) is 2.93. The SMILES string of the molecule is Cc1ccc(C(C)NC(C)C2CC2)s1. The third-order valence-electron chi connectivity index (χ3n) is 3.03. The first-order valence-corrected chi connectivity index (χ1v) is 6.31. The van der Waals surface area contributed by atoms with Crippen LogP contribution in [0.2, 0.25) is 0 Å². The molecule has 1 N–H and O–H groups in total. The lowest BCUT2D eigenvalue weighted by atomic mass is 10.2. The Balaban J connectivity index is 1.91. The normalized spacial score (nSPS) is 20.8. The first kappa shape index (κ1) is 10.2. The van der Waals surface area contributed by atoms with Gasteiger partial charge in [0.1, 0.15) is 0 Å². The molecular weight excluding hydrogens is 190 g/mol. The van der Waals surface area contributed by atoms with Gasteiger partial charge in [0.05, 0.1) is 0 Å². The van der Waals surface area contributed by atoms with Crippen molar-refractivity contribution in [2.24, 2.45) is 5.92 Å². The minimum Gasteiger partial charge on any atom is -0.307 e. The molecule has 0 bridgehead atoms. The summed E-state index contributed by atoms with van der Waals surface area (Å²) >= 11 is 1.91. The molecule has 2 atom stereocenters. The molecule has 0 amide bonds. The van der Waals surface area contributed by atoms with Crippen LogP contribution in [0.15, 0.2) is 12.1 Å². The standard InChI is InChI=1S/C12H19NS/c1-8-4-7-12(14-8)10(3)13-9(2)11-5-6-11/h4,7,9-11,13H,5-6H2,1-3H3. The van der Waals surface area contributed by atoms with Crippen molar-refractivity contribution in [3.05, 3.63) is 21.9 Å². The van der Waals surface area contributed by atoms with Crippen molar-refractivity contribution in [1.29, 1.82) is 0 Å². The summed E-state index contributed by atoms with van der Waals surface area (Å²) in [5, 5.41) is 3.68. The number of rotatable bonds is 4. The van der Waals surface area contributed by atoms with E-state index in [0.717, 1.165) is 5.92 Å². The van der Waals surface area contributed by atoms with Crippen molar-refractivity contribution < 1.29 is 0 Å². The van der Waals surface area contributed by atoms with Gasteiger partial charge in [-0.15, -0.1) is 11.3 Å². The van der Waals surface area contributed by atoms with Crippen LogP contribution in [0.25, 0.3) is 0 Å². The second-order valence-corrected chi connectivity index (χ2v) is 5.78. The third-order valence-corrected chi connectivity index (χ3v) is 4.21. The molecule has 1 aromatic rings. The van der Waals surface area contributed by atoms with Gasteiger partial charge in [-0.1, -0.05) is 0 Å². The highest BCUT2D eigenvalue weighted by Gasteiger charge is 2.28. The number of hydrogen-bond acceptors (Lipinski definition) is 2. The van der Waals surface area contributed by atoms with E-state index < -0.39 is 0 Å². The Morgan fingerprint density at radius 1 is 1.36 bits per heavy atom. The fourth-order valence-corrected chi connectivity index (χ4v) is 2.78. The van der Waals surface area contributed by atoms with Crippen LogP contribution in [0.3, 0.4) is 0 Å². The van der Waals surface area contributed by atoms with E-state index in [4.69, 9.17) is 0 Å². The number of hydrogen-bond donors (Lipinski definition) is 1. The first-order chi connectivity index (χ1) is 6.66. The molecule has 1 aliphatic carbocycles. The zero-order chi connectivity index (χ0) is 10.1. The highest BCUT2D eigenvalue weighted by atomic mass is 32.1. The predicted molar refractivity (Wildman–Crippen MR) is 62.8 cm³/mol. The molecular formula is C12H19NS. The Labute approximate surface area is 90.5 Å². The summed E-state index contributed by atoms with van der Waals surface area (Å²) in [6, 6.07) is 5.66. The smallest absolute Gasteiger partial charge is 0.0388 e. The summed E-state index contributed by atoms with van der Waals surface area (Å²) in [6.45, 7) is 6.75. The summed E-state index contributed by atoms with van der Waals surface area (Å²) < 4.78 is 0. The molecule has 1 nitrogen and oxygen atoms in total. The van der Waals surface area contributed by atoms with E-state index in [9.17, 15) is 0 Å². The lowest BCUT2D eigenvalue weighted by Crippen LogP contribution is -2.30. The van der Waals surface area contributed by atoms with Crippen LogP contribution < -0.4 is 5.32 Å². The molecule has 0 saturated heterocycles. The van der Waals surface area contributed by atoms with Gasteiger partial charge in [-0.25, -0.2) is 0 Å². The largest absolute Gasteiger partial charge is 0.307 e. The average Bonchev–Trinajstić information content (AvgIpc) is 2.89. The Morgan fingerprint density at radius 3 is 2.57 bits per heavy atom. The molecule has 78 valence electrons. The summed E-state index contributed by atoms with van der Waals surface area (Å²) in [4.78, 5) is 2.88. The van der Waals surface area contributed by atoms with Crippen LogP contribution in [-0.4, -0.2) is 6.04 Å². The molecule has 1 saturated carbocycles. The monoisotopic (exact) mass is 209 g/mol. The van der Waals surface area contributed by atoms with Crippen molar-refractivity contribution in [1.82, 2.24) is 5.32 Å². The van der Waals surface area contributed by atoms with Gasteiger partial charge in [-0.05, 0) is 51.7 Å². The van der Waals surface area contributed by atoms with Crippen molar-refractivity contribution in [2.75, 3.05) is 0 Å². The van der Waals surface area contributed by atoms with Crippen LogP contribution in [0, 0.1) is 12.8 Å². The maximum absolute atomic E-state index is 3.68. The lowest BCUT2D eigenvalue weighted by Gasteiger charge is -2.18. The molecule has 14 heavy (non-hydrogen) atoms. The van der Waals surface area contributed by atoms with Crippen LogP contribution in [0.5, 0.6) is 0 Å². The molecule has 1 aromatic heterocycles. The van der Waals surface area contributed by atoms with Crippen molar-refractivity contribution in [2.45, 2.75) is 45.7 Å². The summed E-state index contributed by atoms with van der Waals surface area (Å²) in [5.74, 6) is 0.943. The van der Waals surface area contributed by atoms with E-state index in [1.54, 1.807) is 0 Å². The zero-order valence-corrected chi connectivity index (χ0v) is 10.0. The molecule has 1 aliphatic rings. The van der Waals surface area contributed by atoms with Gasteiger partial charge in [0, 0.05) is 21.8 Å². The Morgan fingerprint density at radius 2 is 2.07 bits per heavy atom. The topological polar surface area (TPSA) is 12.0 Å². The molecule has 1 heterocycles. The fraction of sp³-hybridized carbons (Fsp3) is 0.667. The van der Waals surface area contributed by atoms with E-state index in [0.29, 0.717) is 12.1 Å². The van der Waals surface area contributed by atoms with Gasteiger partial charge >= 0.3 is 0 Å². The van der Waals surface area contributed by atoms with Crippen LogP contribution in [0.4, 0.5) is 0 Å². The number of nitrogens with one attached hydrogen (secondary N) is 1. The average molecular weight is 209 g/mol. The fourth-order valence-electron chi connectivity index (χ4n) is 1.89. The molecule has 0 aliphatic heterocycles. The molecule has 0 spiro atoms. The maximum atomic E-state index is 3.68. The number of thiophene rings is 1. The highest BCUT2D eigenvalue weighted by molar-refractivity contribution is 7.12. The third kappa shape index (κ3) is 2.37. The van der Waals surface area contributed by atoms with Crippen LogP contribution >= 0.6 is 11.3 Å². The van der Waals surface area contributed by atoms with Crippen molar-refractivity contribution in [3.8, 4) is 0 Å². The minimum absolute atomic E-state index is 0.518. The molecule has 2 rings (SSSR count). The second kappa shape index (κ2) is 4.03. The minimum atomic E-state index is 0.518. The van der Waals surface area contributed by atoms with Gasteiger partial charge in [0.15, 0.2) is 0 Å². The van der Waals surface area contributed by atoms with E-state index in [2.05, 4.69) is 38.2 Å². The van der Waals surface area contributed by atoms with Gasteiger partial charge in [-0.3, -0.25) is 0 Å². The number of aryl methyl sites for hydroxylation is 1. The molecule has 2 unspecified atom stereocenters. The Hall–Kier alpha value is -0.340. The van der Waals surface area contributed by atoms with Gasteiger partial charge in [0.2, 0.25) is 0 Å². The van der Waals surface area contributed by atoms with Gasteiger partial charge in [0.25, 0.3) is 0 Å². The van der Waals surface area contributed by atoms with Crippen molar-refractivity contribution in [3.63, 3.8) is 0 Å². The van der Waals surface area contributed by atoms with Crippen LogP contribution in [-0.2, 0) is 0 Å². The molecule has 0 radical (unpaired) electrons. The summed E-state index contributed by atoms with van der Waals surface area (Å²) in [6.07, 6.45) is 2.84. The molecule has 0 aromatic carbocycles. The van der Waals surface area contributed by atoms with Gasteiger partial charge < -0.3 is 5.32 Å². The van der Waals surface area contributed by atoms with Crippen molar-refractivity contribution >= 4 is 11.3 Å². The molecule has 1 fully saturated rings. The quantitative estimate of drug-likeness (QED) is 0.800.